The van der Waals surface area contributed by atoms with E-state index in [0.717, 1.165) is 23.3 Å². The topological polar surface area (TPSA) is 93.3 Å². The molecule has 14 heavy (non-hydrogen) atoms. The van der Waals surface area contributed by atoms with Gasteiger partial charge in [0.2, 0.25) is 10.3 Å². The van der Waals surface area contributed by atoms with Crippen LogP contribution in [0, 0.1) is 10.5 Å². The Kier molecular flexibility index (Phi) is 9.09. The Morgan fingerprint density at radius 1 is 1.50 bits per heavy atom. The Balaban J connectivity index is 0.00000169. The second kappa shape index (κ2) is 8.78. The third-order valence-corrected chi connectivity index (χ3v) is 2.38. The summed E-state index contributed by atoms with van der Waals surface area (Å²) in [5, 5.41) is 18.2. The van der Waals surface area contributed by atoms with Gasteiger partial charge in [-0.25, -0.2) is 0 Å². The summed E-state index contributed by atoms with van der Waals surface area (Å²) in [6, 6.07) is 0. The smallest absolute Gasteiger partial charge is 0.691 e. The second-order valence-corrected chi connectivity index (χ2v) is 3.50. The van der Waals surface area contributed by atoms with E-state index in [4.69, 9.17) is 5.73 Å². The van der Waals surface area contributed by atoms with Gasteiger partial charge in [0.25, 0.3) is 0 Å². The zero-order valence-corrected chi connectivity index (χ0v) is 11.4. The first-order chi connectivity index (χ1) is 6.33. The number of nitrogens with two attached hydrogens (primary N) is 1. The third-order valence-electron chi connectivity index (χ3n) is 0.711. The molecule has 0 aliphatic heterocycles. The number of hydrogen-bond donors (Lipinski definition) is 1. The van der Waals surface area contributed by atoms with Gasteiger partial charge in [-0.2, -0.15) is 13.7 Å². The fourth-order valence-corrected chi connectivity index (χ4v) is 1.63. The summed E-state index contributed by atoms with van der Waals surface area (Å²) >= 11 is 2.75. The summed E-state index contributed by atoms with van der Waals surface area (Å²) < 4.78 is 7.74. The Hall–Kier alpha value is 0.500. The van der Waals surface area contributed by atoms with E-state index in [1.165, 1.54) is 0 Å². The number of aromatic nitrogens is 2. The summed E-state index contributed by atoms with van der Waals surface area (Å²) in [6.45, 7) is 0. The predicted octanol–water partition coefficient (Wildman–Crippen LogP) is -2.99. The minimum absolute atomic E-state index is 0. The molecule has 0 aliphatic carbocycles. The van der Waals surface area contributed by atoms with Crippen molar-refractivity contribution < 1.29 is 44.2 Å². The Labute approximate surface area is 114 Å². The molecule has 0 unspecified atom stereocenters. The Morgan fingerprint density at radius 3 is 2.86 bits per heavy atom. The van der Waals surface area contributed by atoms with Gasteiger partial charge in [-0.3, -0.25) is 5.04 Å². The molecule has 10 heteroatoms. The van der Waals surface area contributed by atoms with Crippen molar-refractivity contribution in [2.24, 2.45) is 0 Å². The van der Waals surface area contributed by atoms with Crippen molar-refractivity contribution in [3.63, 3.8) is 0 Å². The molecular weight excluding hydrogens is 257 g/mol. The van der Waals surface area contributed by atoms with Gasteiger partial charge in [-0.15, -0.1) is 0 Å². The predicted molar refractivity (Wildman–Crippen MR) is 47.7 cm³/mol. The summed E-state index contributed by atoms with van der Waals surface area (Å²) in [4.78, 5) is 3.83. The van der Waals surface area contributed by atoms with Gasteiger partial charge in [0.15, 0.2) is 0 Å². The Bertz CT molecular complexity index is 324. The van der Waals surface area contributed by atoms with Crippen LogP contribution in [-0.2, 0) is 9.37 Å². The minimum atomic E-state index is 0. The minimum Gasteiger partial charge on any atom is -0.691 e. The first-order valence-corrected chi connectivity index (χ1v) is 5.04. The van der Waals surface area contributed by atoms with Gasteiger partial charge in [-0.05, 0) is 5.25 Å². The van der Waals surface area contributed by atoms with Crippen LogP contribution in [-0.4, -0.2) is 9.36 Å². The first-order valence-electron chi connectivity index (χ1n) is 2.71. The molecular formula is C4H2N3NaO3S3. The van der Waals surface area contributed by atoms with E-state index in [1.807, 2.05) is 0 Å². The SMILES string of the molecule is Nc1nc(SC#CSOO[O-])ns1.[Na+]. The zero-order valence-electron chi connectivity index (χ0n) is 6.92. The summed E-state index contributed by atoms with van der Waals surface area (Å²) in [6.07, 6.45) is 0. The van der Waals surface area contributed by atoms with Crippen LogP contribution in [0.4, 0.5) is 5.13 Å². The van der Waals surface area contributed by atoms with E-state index in [2.05, 4.69) is 29.2 Å². The molecule has 1 rings (SSSR count). The molecule has 0 amide bonds. The van der Waals surface area contributed by atoms with E-state index >= 15 is 0 Å². The van der Waals surface area contributed by atoms with Crippen molar-refractivity contribution >= 4 is 40.5 Å². The molecule has 0 spiro atoms. The Morgan fingerprint density at radius 2 is 2.29 bits per heavy atom. The number of hydrogen-bond acceptors (Lipinski definition) is 9. The molecule has 0 fully saturated rings. The van der Waals surface area contributed by atoms with Crippen molar-refractivity contribution in [3.8, 4) is 10.5 Å². The van der Waals surface area contributed by atoms with Crippen LogP contribution in [0.5, 0.6) is 0 Å². The van der Waals surface area contributed by atoms with Crippen LogP contribution in [0.1, 0.15) is 0 Å². The van der Waals surface area contributed by atoms with Crippen LogP contribution >= 0.6 is 35.3 Å². The molecule has 1 heterocycles. The largest absolute Gasteiger partial charge is 1.00 e. The fraction of sp³-hybridized carbons (Fsp3) is 0. The maximum Gasteiger partial charge on any atom is 1.00 e. The molecule has 1 aromatic heterocycles. The van der Waals surface area contributed by atoms with Crippen LogP contribution < -0.4 is 40.5 Å². The first kappa shape index (κ1) is 14.5. The van der Waals surface area contributed by atoms with Crippen molar-refractivity contribution in [2.45, 2.75) is 5.16 Å². The fourth-order valence-electron chi connectivity index (χ4n) is 0.377. The normalized spacial score (nSPS) is 8.64. The number of thioether (sulfide) groups is 1. The average Bonchev–Trinajstić information content (AvgIpc) is 2.51. The molecule has 0 radical (unpaired) electrons. The summed E-state index contributed by atoms with van der Waals surface area (Å²) in [7, 11) is 0. The van der Waals surface area contributed by atoms with Crippen LogP contribution in [0.3, 0.4) is 0 Å². The molecule has 0 saturated heterocycles. The molecule has 0 atom stereocenters. The monoisotopic (exact) mass is 259 g/mol. The second-order valence-electron chi connectivity index (χ2n) is 1.44. The van der Waals surface area contributed by atoms with Crippen molar-refractivity contribution in [2.75, 3.05) is 5.73 Å². The van der Waals surface area contributed by atoms with Gasteiger partial charge in [0.05, 0.1) is 0 Å². The average molecular weight is 259 g/mol. The quantitative estimate of drug-likeness (QED) is 0.117. The van der Waals surface area contributed by atoms with Crippen molar-refractivity contribution in [3.05, 3.63) is 0 Å². The van der Waals surface area contributed by atoms with Gasteiger partial charge in [0, 0.05) is 28.5 Å². The van der Waals surface area contributed by atoms with E-state index in [0.29, 0.717) is 22.3 Å². The number of rotatable bonds is 3. The van der Waals surface area contributed by atoms with Gasteiger partial charge >= 0.3 is 29.6 Å². The van der Waals surface area contributed by atoms with Crippen LogP contribution in [0.15, 0.2) is 5.16 Å². The van der Waals surface area contributed by atoms with E-state index in [9.17, 15) is 5.26 Å². The maximum absolute atomic E-state index is 9.31. The number of anilines is 1. The standard InChI is InChI=1S/C4H3N3O3S3.Na/c5-3-6-4(7-13-3)11-1-2-12-10-9-8;/h8H,(H2,5,6,7);/q;+1/p-1. The van der Waals surface area contributed by atoms with E-state index in [1.54, 1.807) is 0 Å². The molecule has 1 aromatic rings. The van der Waals surface area contributed by atoms with Crippen LogP contribution in [0.25, 0.3) is 0 Å². The summed E-state index contributed by atoms with van der Waals surface area (Å²) in [5.74, 6) is 0. The molecule has 0 aromatic carbocycles. The van der Waals surface area contributed by atoms with Crippen LogP contribution in [0.2, 0.25) is 0 Å². The molecule has 0 aliphatic rings. The molecule has 0 bridgehead atoms. The van der Waals surface area contributed by atoms with E-state index < -0.39 is 0 Å². The molecule has 0 saturated carbocycles. The van der Waals surface area contributed by atoms with Gasteiger partial charge in [0.1, 0.15) is 12.0 Å². The molecule has 2 N–H and O–H groups in total. The van der Waals surface area contributed by atoms with Crippen molar-refractivity contribution in [1.82, 2.24) is 9.36 Å². The van der Waals surface area contributed by atoms with Gasteiger partial charge in [-0.1, -0.05) is 0 Å². The number of nitrogens with zero attached hydrogens (tertiary/aromatic N) is 2. The summed E-state index contributed by atoms with van der Waals surface area (Å²) in [5.41, 5.74) is 5.32. The van der Waals surface area contributed by atoms with E-state index in [-0.39, 0.29) is 29.6 Å². The van der Waals surface area contributed by atoms with Gasteiger partial charge < -0.3 is 11.0 Å². The number of nitrogen functional groups attached to an aromatic ring is 1. The maximum atomic E-state index is 9.31. The van der Waals surface area contributed by atoms with Crippen molar-refractivity contribution in [1.29, 1.82) is 0 Å². The molecule has 70 valence electrons. The third kappa shape index (κ3) is 6.07. The molecule has 6 nitrogen and oxygen atoms in total. The zero-order chi connectivity index (χ0) is 9.52.